The number of rotatable bonds is 5. The SMILES string of the molecule is O=C(Nc1cc([N+](=O)[O-])ccc1F)c1ccc(CN2CCCC2=O)cc1. The highest BCUT2D eigenvalue weighted by molar-refractivity contribution is 6.04. The van der Waals surface area contributed by atoms with Crippen molar-refractivity contribution in [3.05, 3.63) is 69.5 Å². The standard InChI is InChI=1S/C18H16FN3O4/c19-15-8-7-14(22(25)26)10-16(15)20-18(24)13-5-3-12(4-6-13)11-21-9-1-2-17(21)23/h3-8,10H,1-2,9,11H2,(H,20,24). The number of amides is 2. The first-order valence-electron chi connectivity index (χ1n) is 8.06. The van der Waals surface area contributed by atoms with E-state index in [1.54, 1.807) is 29.2 Å². The third kappa shape index (κ3) is 3.85. The van der Waals surface area contributed by atoms with Crippen LogP contribution in [0.5, 0.6) is 0 Å². The minimum absolute atomic E-state index is 0.118. The van der Waals surface area contributed by atoms with Gasteiger partial charge < -0.3 is 10.2 Å². The molecule has 26 heavy (non-hydrogen) atoms. The van der Waals surface area contributed by atoms with Gasteiger partial charge in [-0.3, -0.25) is 19.7 Å². The van der Waals surface area contributed by atoms with Crippen LogP contribution in [0.25, 0.3) is 0 Å². The molecule has 0 aromatic heterocycles. The summed E-state index contributed by atoms with van der Waals surface area (Å²) in [6.07, 6.45) is 1.42. The molecule has 8 heteroatoms. The van der Waals surface area contributed by atoms with Crippen molar-refractivity contribution in [1.29, 1.82) is 0 Å². The summed E-state index contributed by atoms with van der Waals surface area (Å²) >= 11 is 0. The van der Waals surface area contributed by atoms with Gasteiger partial charge in [0.2, 0.25) is 5.91 Å². The molecule has 0 radical (unpaired) electrons. The number of non-ortho nitro benzene ring substituents is 1. The fourth-order valence-electron chi connectivity index (χ4n) is 2.77. The molecule has 1 heterocycles. The summed E-state index contributed by atoms with van der Waals surface area (Å²) in [5, 5.41) is 13.1. The van der Waals surface area contributed by atoms with Gasteiger partial charge in [0.15, 0.2) is 0 Å². The highest BCUT2D eigenvalue weighted by Crippen LogP contribution is 2.22. The van der Waals surface area contributed by atoms with Crippen LogP contribution in [0, 0.1) is 15.9 Å². The zero-order chi connectivity index (χ0) is 18.7. The molecular weight excluding hydrogens is 341 g/mol. The maximum Gasteiger partial charge on any atom is 0.271 e. The third-order valence-electron chi connectivity index (χ3n) is 4.17. The molecule has 0 aliphatic carbocycles. The van der Waals surface area contributed by atoms with Gasteiger partial charge in [0.1, 0.15) is 5.82 Å². The Morgan fingerprint density at radius 1 is 1.23 bits per heavy atom. The van der Waals surface area contributed by atoms with E-state index in [2.05, 4.69) is 5.32 Å². The van der Waals surface area contributed by atoms with Gasteiger partial charge in [-0.1, -0.05) is 12.1 Å². The minimum Gasteiger partial charge on any atom is -0.338 e. The van der Waals surface area contributed by atoms with Crippen LogP contribution in [0.1, 0.15) is 28.8 Å². The van der Waals surface area contributed by atoms with Crippen LogP contribution in [0.4, 0.5) is 15.8 Å². The molecule has 0 spiro atoms. The second-order valence-electron chi connectivity index (χ2n) is 5.99. The van der Waals surface area contributed by atoms with E-state index in [4.69, 9.17) is 0 Å². The number of carbonyl (C=O) groups is 2. The largest absolute Gasteiger partial charge is 0.338 e. The lowest BCUT2D eigenvalue weighted by atomic mass is 10.1. The van der Waals surface area contributed by atoms with Gasteiger partial charge >= 0.3 is 0 Å². The van der Waals surface area contributed by atoms with Crippen LogP contribution < -0.4 is 5.32 Å². The number of nitro groups is 1. The minimum atomic E-state index is -0.756. The molecule has 0 atom stereocenters. The summed E-state index contributed by atoms with van der Waals surface area (Å²) < 4.78 is 13.8. The molecule has 0 unspecified atom stereocenters. The lowest BCUT2D eigenvalue weighted by molar-refractivity contribution is -0.384. The van der Waals surface area contributed by atoms with E-state index in [1.165, 1.54) is 0 Å². The fourth-order valence-corrected chi connectivity index (χ4v) is 2.77. The van der Waals surface area contributed by atoms with Gasteiger partial charge in [-0.25, -0.2) is 4.39 Å². The maximum absolute atomic E-state index is 13.8. The number of nitrogens with one attached hydrogen (secondary N) is 1. The van der Waals surface area contributed by atoms with Crippen molar-refractivity contribution >= 4 is 23.2 Å². The molecule has 3 rings (SSSR count). The first-order chi connectivity index (χ1) is 12.4. The molecule has 1 saturated heterocycles. The van der Waals surface area contributed by atoms with Crippen molar-refractivity contribution in [2.24, 2.45) is 0 Å². The average Bonchev–Trinajstić information content (AvgIpc) is 3.02. The van der Waals surface area contributed by atoms with E-state index in [1.807, 2.05) is 0 Å². The summed E-state index contributed by atoms with van der Waals surface area (Å²) in [4.78, 5) is 35.7. The van der Waals surface area contributed by atoms with Gasteiger partial charge in [0, 0.05) is 37.2 Å². The summed E-state index contributed by atoms with van der Waals surface area (Å²) in [5.74, 6) is -1.21. The van der Waals surface area contributed by atoms with E-state index >= 15 is 0 Å². The van der Waals surface area contributed by atoms with Crippen molar-refractivity contribution in [3.63, 3.8) is 0 Å². The number of hydrogen-bond donors (Lipinski definition) is 1. The molecule has 2 aromatic rings. The Bertz CT molecular complexity index is 867. The Morgan fingerprint density at radius 3 is 2.58 bits per heavy atom. The van der Waals surface area contributed by atoms with Crippen LogP contribution in [0.15, 0.2) is 42.5 Å². The predicted octanol–water partition coefficient (Wildman–Crippen LogP) is 3.11. The van der Waals surface area contributed by atoms with Crippen molar-refractivity contribution in [2.75, 3.05) is 11.9 Å². The lowest BCUT2D eigenvalue weighted by Gasteiger charge is -2.15. The topological polar surface area (TPSA) is 92.5 Å². The molecule has 1 fully saturated rings. The molecule has 134 valence electrons. The second kappa shape index (κ2) is 7.30. The zero-order valence-corrected chi connectivity index (χ0v) is 13.8. The number of benzene rings is 2. The van der Waals surface area contributed by atoms with E-state index < -0.39 is 16.6 Å². The molecule has 7 nitrogen and oxygen atoms in total. The predicted molar refractivity (Wildman–Crippen MR) is 92.1 cm³/mol. The molecular formula is C18H16FN3O4. The Hall–Kier alpha value is -3.29. The van der Waals surface area contributed by atoms with E-state index in [9.17, 15) is 24.1 Å². The van der Waals surface area contributed by atoms with Gasteiger partial charge in [0.05, 0.1) is 10.6 Å². The van der Waals surface area contributed by atoms with E-state index in [-0.39, 0.29) is 22.8 Å². The number of nitro benzene ring substituents is 1. The first-order valence-corrected chi connectivity index (χ1v) is 8.06. The summed E-state index contributed by atoms with van der Waals surface area (Å²) in [7, 11) is 0. The van der Waals surface area contributed by atoms with Crippen molar-refractivity contribution in [2.45, 2.75) is 19.4 Å². The summed E-state index contributed by atoms with van der Waals surface area (Å²) in [5.41, 5.74) is 0.606. The number of carbonyl (C=O) groups excluding carboxylic acids is 2. The molecule has 0 saturated carbocycles. The van der Waals surface area contributed by atoms with Crippen LogP contribution >= 0.6 is 0 Å². The highest BCUT2D eigenvalue weighted by Gasteiger charge is 2.20. The zero-order valence-electron chi connectivity index (χ0n) is 13.8. The van der Waals surface area contributed by atoms with Gasteiger partial charge in [0.25, 0.3) is 11.6 Å². The van der Waals surface area contributed by atoms with Crippen LogP contribution in [0.3, 0.4) is 0 Å². The quantitative estimate of drug-likeness (QED) is 0.657. The van der Waals surface area contributed by atoms with Gasteiger partial charge in [-0.2, -0.15) is 0 Å². The molecule has 0 bridgehead atoms. The number of hydrogen-bond acceptors (Lipinski definition) is 4. The fraction of sp³-hybridized carbons (Fsp3) is 0.222. The van der Waals surface area contributed by atoms with Crippen LogP contribution in [-0.4, -0.2) is 28.2 Å². The number of halogens is 1. The summed E-state index contributed by atoms with van der Waals surface area (Å²) in [6, 6.07) is 9.53. The molecule has 1 aliphatic rings. The molecule has 2 amide bonds. The van der Waals surface area contributed by atoms with E-state index in [0.717, 1.165) is 36.7 Å². The van der Waals surface area contributed by atoms with E-state index in [0.29, 0.717) is 13.0 Å². The van der Waals surface area contributed by atoms with Crippen molar-refractivity contribution in [3.8, 4) is 0 Å². The Balaban J connectivity index is 1.69. The number of nitrogens with zero attached hydrogens (tertiary/aromatic N) is 2. The smallest absolute Gasteiger partial charge is 0.271 e. The van der Waals surface area contributed by atoms with Crippen LogP contribution in [0.2, 0.25) is 0 Å². The Morgan fingerprint density at radius 2 is 1.96 bits per heavy atom. The lowest BCUT2D eigenvalue weighted by Crippen LogP contribution is -2.23. The Kier molecular flexibility index (Phi) is 4.92. The molecule has 1 aliphatic heterocycles. The van der Waals surface area contributed by atoms with Crippen LogP contribution in [-0.2, 0) is 11.3 Å². The Labute approximate surface area is 148 Å². The molecule has 1 N–H and O–H groups in total. The normalized spacial score (nSPS) is 13.7. The number of likely N-dealkylation sites (tertiary alicyclic amines) is 1. The second-order valence-corrected chi connectivity index (χ2v) is 5.99. The monoisotopic (exact) mass is 357 g/mol. The number of anilines is 1. The first kappa shape index (κ1) is 17.5. The highest BCUT2D eigenvalue weighted by atomic mass is 19.1. The molecule has 2 aromatic carbocycles. The van der Waals surface area contributed by atoms with Crippen molar-refractivity contribution in [1.82, 2.24) is 4.90 Å². The average molecular weight is 357 g/mol. The summed E-state index contributed by atoms with van der Waals surface area (Å²) in [6.45, 7) is 1.22. The van der Waals surface area contributed by atoms with Crippen molar-refractivity contribution < 1.29 is 18.9 Å². The van der Waals surface area contributed by atoms with Gasteiger partial charge in [-0.15, -0.1) is 0 Å². The maximum atomic E-state index is 13.8. The third-order valence-corrected chi connectivity index (χ3v) is 4.17. The van der Waals surface area contributed by atoms with Gasteiger partial charge in [-0.05, 0) is 30.2 Å².